The first-order valence-corrected chi connectivity index (χ1v) is 13.8. The zero-order valence-corrected chi connectivity index (χ0v) is 22.3. The van der Waals surface area contributed by atoms with Crippen LogP contribution >= 0.6 is 0 Å². The molecule has 0 radical (unpaired) electrons. The van der Waals surface area contributed by atoms with E-state index in [1.54, 1.807) is 0 Å². The second kappa shape index (κ2) is 15.3. The van der Waals surface area contributed by atoms with E-state index in [9.17, 15) is 9.59 Å². The van der Waals surface area contributed by atoms with Gasteiger partial charge in [0, 0.05) is 25.0 Å². The molecule has 0 amide bonds. The van der Waals surface area contributed by atoms with Crippen LogP contribution in [-0.4, -0.2) is 24.1 Å². The molecule has 192 valence electrons. The van der Waals surface area contributed by atoms with Gasteiger partial charge in [-0.05, 0) is 99.9 Å². The fourth-order valence-corrected chi connectivity index (χ4v) is 5.12. The Morgan fingerprint density at radius 3 is 1.94 bits per heavy atom. The van der Waals surface area contributed by atoms with Gasteiger partial charge >= 0.3 is 5.97 Å². The summed E-state index contributed by atoms with van der Waals surface area (Å²) in [6.07, 6.45) is 16.8. The van der Waals surface area contributed by atoms with Gasteiger partial charge in [-0.25, -0.2) is 0 Å². The summed E-state index contributed by atoms with van der Waals surface area (Å²) in [4.78, 5) is 24.2. The number of ketones is 1. The second-order valence-corrected chi connectivity index (χ2v) is 11.3. The lowest BCUT2D eigenvalue weighted by molar-refractivity contribution is -0.142. The third-order valence-electron chi connectivity index (χ3n) is 7.91. The minimum Gasteiger partial charge on any atom is -0.461 e. The molecule has 4 heteroatoms. The molecule has 0 spiro atoms. The maximum atomic E-state index is 12.1. The van der Waals surface area contributed by atoms with Gasteiger partial charge in [0.25, 0.3) is 0 Å². The molecule has 0 aromatic heterocycles. The van der Waals surface area contributed by atoms with Crippen LogP contribution in [0.1, 0.15) is 118 Å². The van der Waals surface area contributed by atoms with Crippen LogP contribution in [0.5, 0.6) is 0 Å². The van der Waals surface area contributed by atoms with Gasteiger partial charge in [-0.15, -0.1) is 0 Å². The van der Waals surface area contributed by atoms with Gasteiger partial charge in [-0.3, -0.25) is 9.59 Å². The van der Waals surface area contributed by atoms with E-state index < -0.39 is 0 Å². The van der Waals surface area contributed by atoms with Crippen LogP contribution in [0.15, 0.2) is 23.3 Å². The number of esters is 1. The first kappa shape index (κ1) is 28.5. The topological polar surface area (TPSA) is 67.2 Å². The Morgan fingerprint density at radius 1 is 0.853 bits per heavy atom. The van der Waals surface area contributed by atoms with E-state index in [0.29, 0.717) is 44.6 Å². The monoisotopic (exact) mass is 471 g/mol. The summed E-state index contributed by atoms with van der Waals surface area (Å²) in [7, 11) is 0. The predicted molar refractivity (Wildman–Crippen MR) is 141 cm³/mol. The summed E-state index contributed by atoms with van der Waals surface area (Å²) in [5.74, 6) is 3.05. The number of rotatable bonds is 15. The molecule has 34 heavy (non-hydrogen) atoms. The van der Waals surface area contributed by atoms with E-state index in [1.807, 2.05) is 0 Å². The molecule has 0 saturated carbocycles. The molecule has 2 unspecified atom stereocenters. The predicted octanol–water partition coefficient (Wildman–Crippen LogP) is 8.00. The first-order valence-electron chi connectivity index (χ1n) is 13.8. The standard InChI is InChI=1S/C30H49NO3/c1-22(2)26-16-11-24(12-17-26)15-20-28(31)7-5-8-29(32)9-6-10-30(33)34-21-25-13-18-27(19-14-25)23(3)4/h11,13,22-23,26-27,31H,5-10,12,14-21H2,1-4H3. The van der Waals surface area contributed by atoms with Crippen LogP contribution in [0, 0.1) is 29.1 Å². The van der Waals surface area contributed by atoms with E-state index in [0.717, 1.165) is 55.6 Å². The number of carbonyl (C=O) groups excluding carboxylic acids is 2. The SMILES string of the molecule is CC(C)C1CC=C(CCC(=N)CCCC(=O)CCCC(=O)OCC2=CCC(C(C)C)CC2)CC1. The van der Waals surface area contributed by atoms with Crippen molar-refractivity contribution < 1.29 is 14.3 Å². The molecule has 0 fully saturated rings. The summed E-state index contributed by atoms with van der Waals surface area (Å²) in [6.45, 7) is 9.57. The molecule has 2 rings (SSSR count). The lowest BCUT2D eigenvalue weighted by Gasteiger charge is -2.25. The summed E-state index contributed by atoms with van der Waals surface area (Å²) in [5.41, 5.74) is 3.52. The van der Waals surface area contributed by atoms with Gasteiger partial charge in [0.05, 0.1) is 0 Å². The highest BCUT2D eigenvalue weighted by atomic mass is 16.5. The van der Waals surface area contributed by atoms with Crippen LogP contribution < -0.4 is 0 Å². The van der Waals surface area contributed by atoms with Gasteiger partial charge in [0.2, 0.25) is 0 Å². The van der Waals surface area contributed by atoms with Crippen molar-refractivity contribution >= 4 is 17.5 Å². The molecule has 0 aromatic carbocycles. The number of hydrogen-bond donors (Lipinski definition) is 1. The van der Waals surface area contributed by atoms with E-state index in [4.69, 9.17) is 10.1 Å². The Bertz CT molecular complexity index is 671. The van der Waals surface area contributed by atoms with E-state index in [2.05, 4.69) is 39.8 Å². The van der Waals surface area contributed by atoms with Crippen molar-refractivity contribution in [2.75, 3.05) is 6.61 Å². The summed E-state index contributed by atoms with van der Waals surface area (Å²) in [5, 5.41) is 8.21. The molecule has 2 aliphatic carbocycles. The van der Waals surface area contributed by atoms with Gasteiger partial charge in [0.15, 0.2) is 0 Å². The van der Waals surface area contributed by atoms with Crippen LogP contribution in [0.3, 0.4) is 0 Å². The third-order valence-corrected chi connectivity index (χ3v) is 7.91. The molecule has 0 bridgehead atoms. The zero-order chi connectivity index (χ0) is 24.9. The molecule has 0 aromatic rings. The van der Waals surface area contributed by atoms with Gasteiger partial charge in [0.1, 0.15) is 12.4 Å². The fraction of sp³-hybridized carbons (Fsp3) is 0.767. The largest absolute Gasteiger partial charge is 0.461 e. The van der Waals surface area contributed by atoms with Crippen molar-refractivity contribution in [3.05, 3.63) is 23.3 Å². The highest BCUT2D eigenvalue weighted by molar-refractivity contribution is 5.83. The minimum atomic E-state index is -0.196. The number of hydrogen-bond acceptors (Lipinski definition) is 4. The van der Waals surface area contributed by atoms with Crippen molar-refractivity contribution in [3.63, 3.8) is 0 Å². The maximum Gasteiger partial charge on any atom is 0.306 e. The molecule has 2 atom stereocenters. The number of nitrogens with one attached hydrogen (secondary N) is 1. The number of Topliss-reactive ketones (excluding diaryl/α,β-unsaturated/α-hetero) is 1. The normalized spacial score (nSPS) is 20.8. The summed E-state index contributed by atoms with van der Waals surface area (Å²) < 4.78 is 5.41. The maximum absolute atomic E-state index is 12.1. The van der Waals surface area contributed by atoms with Crippen molar-refractivity contribution in [3.8, 4) is 0 Å². The third kappa shape index (κ3) is 11.1. The van der Waals surface area contributed by atoms with Crippen LogP contribution in [0.4, 0.5) is 0 Å². The van der Waals surface area contributed by atoms with E-state index in [1.165, 1.54) is 36.8 Å². The highest BCUT2D eigenvalue weighted by Gasteiger charge is 2.19. The average molecular weight is 472 g/mol. The first-order chi connectivity index (χ1) is 16.2. The van der Waals surface area contributed by atoms with Crippen LogP contribution in [0.25, 0.3) is 0 Å². The van der Waals surface area contributed by atoms with Gasteiger partial charge < -0.3 is 10.1 Å². The fourth-order valence-electron chi connectivity index (χ4n) is 5.12. The van der Waals surface area contributed by atoms with Crippen LogP contribution in [0.2, 0.25) is 0 Å². The zero-order valence-electron chi connectivity index (χ0n) is 22.3. The van der Waals surface area contributed by atoms with Crippen LogP contribution in [-0.2, 0) is 14.3 Å². The Balaban J connectivity index is 1.48. The van der Waals surface area contributed by atoms with Crippen molar-refractivity contribution in [2.45, 2.75) is 118 Å². The lowest BCUT2D eigenvalue weighted by atomic mass is 9.81. The van der Waals surface area contributed by atoms with Gasteiger partial charge in [-0.1, -0.05) is 45.4 Å². The quantitative estimate of drug-likeness (QED) is 0.149. The summed E-state index contributed by atoms with van der Waals surface area (Å²) in [6, 6.07) is 0. The molecule has 4 nitrogen and oxygen atoms in total. The molecule has 1 N–H and O–H groups in total. The van der Waals surface area contributed by atoms with Gasteiger partial charge in [-0.2, -0.15) is 0 Å². The van der Waals surface area contributed by atoms with Crippen molar-refractivity contribution in [2.24, 2.45) is 23.7 Å². The molecule has 2 aliphatic rings. The molecule has 0 aliphatic heterocycles. The Kier molecular flexibility index (Phi) is 12.9. The summed E-state index contributed by atoms with van der Waals surface area (Å²) >= 11 is 0. The van der Waals surface area contributed by atoms with E-state index in [-0.39, 0.29) is 11.8 Å². The number of ether oxygens (including phenoxy) is 1. The molecule has 0 saturated heterocycles. The second-order valence-electron chi connectivity index (χ2n) is 11.3. The highest BCUT2D eigenvalue weighted by Crippen LogP contribution is 2.31. The lowest BCUT2D eigenvalue weighted by Crippen LogP contribution is -2.15. The Hall–Kier alpha value is -1.71. The Morgan fingerprint density at radius 2 is 1.41 bits per heavy atom. The molecule has 0 heterocycles. The molecular weight excluding hydrogens is 422 g/mol. The van der Waals surface area contributed by atoms with Crippen molar-refractivity contribution in [1.29, 1.82) is 5.41 Å². The van der Waals surface area contributed by atoms with Crippen molar-refractivity contribution in [1.82, 2.24) is 0 Å². The smallest absolute Gasteiger partial charge is 0.306 e. The number of carbonyl (C=O) groups is 2. The molecular formula is C30H49NO3. The van der Waals surface area contributed by atoms with E-state index >= 15 is 0 Å². The minimum absolute atomic E-state index is 0.196. The number of allylic oxidation sites excluding steroid dienone is 3. The average Bonchev–Trinajstić information content (AvgIpc) is 2.82. The Labute approximate surface area is 208 Å².